The van der Waals surface area contributed by atoms with E-state index in [0.29, 0.717) is 5.69 Å². The first kappa shape index (κ1) is 13.3. The molecule has 0 aliphatic carbocycles. The van der Waals surface area contributed by atoms with Gasteiger partial charge in [0.1, 0.15) is 0 Å². The van der Waals surface area contributed by atoms with Gasteiger partial charge >= 0.3 is 0 Å². The maximum absolute atomic E-state index is 11.7. The molecule has 1 amide bonds. The molecular formula is C15H13ClN2O. The fraction of sp³-hybridized carbons (Fsp3) is 0.0667. The number of nitrogens with one attached hydrogen (secondary N) is 1. The van der Waals surface area contributed by atoms with Crippen LogP contribution in [0.1, 0.15) is 11.1 Å². The molecule has 1 heterocycles. The third-order valence-corrected chi connectivity index (χ3v) is 2.82. The SMILES string of the molecule is Cc1ccc(/C=C/C(=O)Nc2cccnc2Cl)cc1. The van der Waals surface area contributed by atoms with E-state index in [1.807, 2.05) is 31.2 Å². The Kier molecular flexibility index (Phi) is 4.31. The molecule has 0 aliphatic heterocycles. The van der Waals surface area contributed by atoms with Gasteiger partial charge in [0.2, 0.25) is 5.91 Å². The molecule has 0 aliphatic rings. The van der Waals surface area contributed by atoms with E-state index in [9.17, 15) is 4.79 Å². The molecule has 0 unspecified atom stereocenters. The number of halogens is 1. The first-order chi connectivity index (χ1) is 9.15. The first-order valence-corrected chi connectivity index (χ1v) is 6.19. The summed E-state index contributed by atoms with van der Waals surface area (Å²) in [4.78, 5) is 15.6. The summed E-state index contributed by atoms with van der Waals surface area (Å²) in [5.74, 6) is -0.240. The Morgan fingerprint density at radius 2 is 2.00 bits per heavy atom. The van der Waals surface area contributed by atoms with Crippen molar-refractivity contribution in [2.45, 2.75) is 6.92 Å². The Morgan fingerprint density at radius 3 is 2.68 bits per heavy atom. The normalized spacial score (nSPS) is 10.6. The third kappa shape index (κ3) is 3.93. The van der Waals surface area contributed by atoms with Crippen LogP contribution in [-0.2, 0) is 4.79 Å². The van der Waals surface area contributed by atoms with Gasteiger partial charge in [-0.3, -0.25) is 4.79 Å². The van der Waals surface area contributed by atoms with Crippen molar-refractivity contribution in [1.82, 2.24) is 4.98 Å². The zero-order valence-corrected chi connectivity index (χ0v) is 11.2. The van der Waals surface area contributed by atoms with Crippen LogP contribution >= 0.6 is 11.6 Å². The van der Waals surface area contributed by atoms with Crippen molar-refractivity contribution in [3.63, 3.8) is 0 Å². The monoisotopic (exact) mass is 272 g/mol. The second-order valence-corrected chi connectivity index (χ2v) is 4.43. The fourth-order valence-electron chi connectivity index (χ4n) is 1.50. The van der Waals surface area contributed by atoms with Crippen molar-refractivity contribution in [2.24, 2.45) is 0 Å². The largest absolute Gasteiger partial charge is 0.320 e. The second kappa shape index (κ2) is 6.16. The summed E-state index contributed by atoms with van der Waals surface area (Å²) < 4.78 is 0. The van der Waals surface area contributed by atoms with Crippen molar-refractivity contribution in [3.8, 4) is 0 Å². The molecule has 2 aromatic rings. The lowest BCUT2D eigenvalue weighted by Crippen LogP contribution is -2.08. The van der Waals surface area contributed by atoms with Crippen LogP contribution < -0.4 is 5.32 Å². The number of aryl methyl sites for hydroxylation is 1. The van der Waals surface area contributed by atoms with Crippen LogP contribution in [0.4, 0.5) is 5.69 Å². The van der Waals surface area contributed by atoms with Crippen LogP contribution in [0.3, 0.4) is 0 Å². The summed E-state index contributed by atoms with van der Waals surface area (Å²) in [5.41, 5.74) is 2.66. The Morgan fingerprint density at radius 1 is 1.26 bits per heavy atom. The highest BCUT2D eigenvalue weighted by Crippen LogP contribution is 2.17. The topological polar surface area (TPSA) is 42.0 Å². The molecule has 1 N–H and O–H groups in total. The Balaban J connectivity index is 2.02. The predicted octanol–water partition coefficient (Wildman–Crippen LogP) is 3.70. The Bertz CT molecular complexity index is 606. The van der Waals surface area contributed by atoms with Gasteiger partial charge in [0.15, 0.2) is 5.15 Å². The summed E-state index contributed by atoms with van der Waals surface area (Å²) in [6, 6.07) is 11.3. The van der Waals surface area contributed by atoms with Crippen molar-refractivity contribution in [3.05, 3.63) is 65.0 Å². The average molecular weight is 273 g/mol. The number of carbonyl (C=O) groups is 1. The molecule has 0 radical (unpaired) electrons. The molecule has 4 heteroatoms. The summed E-state index contributed by atoms with van der Waals surface area (Å²) in [5, 5.41) is 2.95. The van der Waals surface area contributed by atoms with Gasteiger partial charge in [-0.05, 0) is 30.7 Å². The smallest absolute Gasteiger partial charge is 0.248 e. The number of rotatable bonds is 3. The third-order valence-electron chi connectivity index (χ3n) is 2.52. The van der Waals surface area contributed by atoms with E-state index in [-0.39, 0.29) is 11.1 Å². The molecule has 1 aromatic carbocycles. The molecule has 0 bridgehead atoms. The van der Waals surface area contributed by atoms with Gasteiger partial charge in [0.25, 0.3) is 0 Å². The maximum atomic E-state index is 11.7. The van der Waals surface area contributed by atoms with E-state index < -0.39 is 0 Å². The molecule has 0 spiro atoms. The minimum atomic E-state index is -0.240. The van der Waals surface area contributed by atoms with Crippen molar-refractivity contribution >= 4 is 29.3 Å². The lowest BCUT2D eigenvalue weighted by molar-refractivity contribution is -0.111. The van der Waals surface area contributed by atoms with Crippen LogP contribution in [-0.4, -0.2) is 10.9 Å². The average Bonchev–Trinajstić information content (AvgIpc) is 2.41. The highest BCUT2D eigenvalue weighted by atomic mass is 35.5. The number of carbonyl (C=O) groups excluding carboxylic acids is 1. The zero-order valence-electron chi connectivity index (χ0n) is 10.4. The van der Waals surface area contributed by atoms with Crippen molar-refractivity contribution in [2.75, 3.05) is 5.32 Å². The zero-order chi connectivity index (χ0) is 13.7. The van der Waals surface area contributed by atoms with E-state index in [1.54, 1.807) is 24.4 Å². The maximum Gasteiger partial charge on any atom is 0.248 e. The number of hydrogen-bond acceptors (Lipinski definition) is 2. The van der Waals surface area contributed by atoms with Gasteiger partial charge in [-0.2, -0.15) is 0 Å². The van der Waals surface area contributed by atoms with Gasteiger partial charge in [-0.25, -0.2) is 4.98 Å². The van der Waals surface area contributed by atoms with E-state index in [0.717, 1.165) is 5.56 Å². The molecule has 96 valence electrons. The van der Waals surface area contributed by atoms with E-state index >= 15 is 0 Å². The summed E-state index contributed by atoms with van der Waals surface area (Å²) in [6.07, 6.45) is 4.78. The van der Waals surface area contributed by atoms with Crippen LogP contribution in [0, 0.1) is 6.92 Å². The minimum Gasteiger partial charge on any atom is -0.320 e. The Labute approximate surface area is 116 Å². The van der Waals surface area contributed by atoms with Crippen LogP contribution in [0.15, 0.2) is 48.7 Å². The van der Waals surface area contributed by atoms with Gasteiger partial charge in [-0.1, -0.05) is 41.4 Å². The quantitative estimate of drug-likeness (QED) is 0.684. The lowest BCUT2D eigenvalue weighted by atomic mass is 10.1. The molecule has 0 fully saturated rings. The van der Waals surface area contributed by atoms with Gasteiger partial charge in [0, 0.05) is 12.3 Å². The molecule has 19 heavy (non-hydrogen) atoms. The van der Waals surface area contributed by atoms with Gasteiger partial charge < -0.3 is 5.32 Å². The predicted molar refractivity (Wildman–Crippen MR) is 78.1 cm³/mol. The molecule has 3 nitrogen and oxygen atoms in total. The number of nitrogens with zero attached hydrogens (tertiary/aromatic N) is 1. The van der Waals surface area contributed by atoms with E-state index in [1.165, 1.54) is 11.6 Å². The summed E-state index contributed by atoms with van der Waals surface area (Å²) in [7, 11) is 0. The highest BCUT2D eigenvalue weighted by Gasteiger charge is 2.02. The van der Waals surface area contributed by atoms with Gasteiger partial charge in [0.05, 0.1) is 5.69 Å². The molecular weight excluding hydrogens is 260 g/mol. The molecule has 1 aromatic heterocycles. The number of benzene rings is 1. The number of hydrogen-bond donors (Lipinski definition) is 1. The second-order valence-electron chi connectivity index (χ2n) is 4.08. The highest BCUT2D eigenvalue weighted by molar-refractivity contribution is 6.32. The summed E-state index contributed by atoms with van der Waals surface area (Å²) >= 11 is 5.85. The number of pyridine rings is 1. The minimum absolute atomic E-state index is 0.240. The number of aromatic nitrogens is 1. The van der Waals surface area contributed by atoms with Crippen LogP contribution in [0.2, 0.25) is 5.15 Å². The van der Waals surface area contributed by atoms with Crippen molar-refractivity contribution in [1.29, 1.82) is 0 Å². The lowest BCUT2D eigenvalue weighted by Gasteiger charge is -2.02. The number of anilines is 1. The molecule has 0 saturated heterocycles. The van der Waals surface area contributed by atoms with E-state index in [4.69, 9.17) is 11.6 Å². The number of amides is 1. The fourth-order valence-corrected chi connectivity index (χ4v) is 1.67. The standard InChI is InChI=1S/C15H13ClN2O/c1-11-4-6-12(7-5-11)8-9-14(19)18-13-3-2-10-17-15(13)16/h2-10H,1H3,(H,18,19)/b9-8+. The van der Waals surface area contributed by atoms with Crippen LogP contribution in [0.5, 0.6) is 0 Å². The van der Waals surface area contributed by atoms with Crippen molar-refractivity contribution < 1.29 is 4.79 Å². The molecule has 0 saturated carbocycles. The van der Waals surface area contributed by atoms with Gasteiger partial charge in [-0.15, -0.1) is 0 Å². The Hall–Kier alpha value is -2.13. The summed E-state index contributed by atoms with van der Waals surface area (Å²) in [6.45, 7) is 2.02. The van der Waals surface area contributed by atoms with E-state index in [2.05, 4.69) is 10.3 Å². The first-order valence-electron chi connectivity index (χ1n) is 5.81. The van der Waals surface area contributed by atoms with Crippen LogP contribution in [0.25, 0.3) is 6.08 Å². The molecule has 2 rings (SSSR count). The molecule has 0 atom stereocenters.